The fourth-order valence-corrected chi connectivity index (χ4v) is 2.61. The molecule has 0 aliphatic carbocycles. The quantitative estimate of drug-likeness (QED) is 0.416. The zero-order chi connectivity index (χ0) is 8.36. The third-order valence-electron chi connectivity index (χ3n) is 0.795. The zero-order valence-electron chi connectivity index (χ0n) is 5.09. The molecule has 0 saturated carbocycles. The second-order valence-electron chi connectivity index (χ2n) is 1.52. The molecule has 3 nitrogen and oxygen atoms in total. The van der Waals surface area contributed by atoms with E-state index >= 15 is 0 Å². The van der Waals surface area contributed by atoms with Crippen molar-refractivity contribution in [2.24, 2.45) is 0 Å². The number of alkyl halides is 2. The van der Waals surface area contributed by atoms with Crippen LogP contribution in [0.15, 0.2) is 0 Å². The first-order valence-electron chi connectivity index (χ1n) is 2.31. The van der Waals surface area contributed by atoms with Crippen LogP contribution in [0.5, 0.6) is 0 Å². The van der Waals surface area contributed by atoms with Crippen LogP contribution in [0.1, 0.15) is 6.92 Å². The Morgan fingerprint density at radius 2 is 2.00 bits per heavy atom. The Hall–Kier alpha value is 0.780. The van der Waals surface area contributed by atoms with Gasteiger partial charge in [0.05, 0.1) is 11.5 Å². The molecular weight excluding hydrogens is 220 g/mol. The third-order valence-corrected chi connectivity index (χ3v) is 3.08. The van der Waals surface area contributed by atoms with Gasteiger partial charge in [0.1, 0.15) is 0 Å². The lowest BCUT2D eigenvalue weighted by molar-refractivity contribution is 0.461. The minimum absolute atomic E-state index is 0.240. The van der Waals surface area contributed by atoms with Gasteiger partial charge in [-0.05, 0) is 6.92 Å². The second kappa shape index (κ2) is 3.97. The average molecular weight is 227 g/mol. The maximum atomic E-state index is 10.5. The van der Waals surface area contributed by atoms with Gasteiger partial charge >= 0.3 is 9.24 Å². The van der Waals surface area contributed by atoms with Gasteiger partial charge in [-0.1, -0.05) is 0 Å². The molecular formula is C3H6Cl3NO2S. The first kappa shape index (κ1) is 10.8. The summed E-state index contributed by atoms with van der Waals surface area (Å²) in [6.45, 7) is 1.46. The van der Waals surface area contributed by atoms with Crippen molar-refractivity contribution in [3.8, 4) is 0 Å². The Morgan fingerprint density at radius 3 is 2.00 bits per heavy atom. The van der Waals surface area contributed by atoms with Crippen molar-refractivity contribution >= 4 is 43.1 Å². The Labute approximate surface area is 74.4 Å². The summed E-state index contributed by atoms with van der Waals surface area (Å²) in [6, 6.07) is -0.240. The summed E-state index contributed by atoms with van der Waals surface area (Å²) in [5.74, 6) is 0. The highest BCUT2D eigenvalue weighted by atomic mass is 35.7. The van der Waals surface area contributed by atoms with Gasteiger partial charge in [0.2, 0.25) is 0 Å². The average Bonchev–Trinajstić information content (AvgIpc) is 1.60. The summed E-state index contributed by atoms with van der Waals surface area (Å²) >= 11 is 10.6. The topological polar surface area (TPSA) is 37.4 Å². The monoisotopic (exact) mass is 225 g/mol. The van der Waals surface area contributed by atoms with Crippen LogP contribution in [0.4, 0.5) is 0 Å². The summed E-state index contributed by atoms with van der Waals surface area (Å²) in [4.78, 5) is 0. The van der Waals surface area contributed by atoms with Crippen LogP contribution in [-0.4, -0.2) is 24.2 Å². The van der Waals surface area contributed by atoms with Gasteiger partial charge in [-0.25, -0.2) is 0 Å². The molecule has 1 unspecified atom stereocenters. The van der Waals surface area contributed by atoms with Crippen molar-refractivity contribution < 1.29 is 8.42 Å². The molecule has 0 aliphatic rings. The minimum Gasteiger partial charge on any atom is -0.195 e. The molecule has 10 heavy (non-hydrogen) atoms. The fourth-order valence-electron chi connectivity index (χ4n) is 0.327. The number of nitrogens with zero attached hydrogens (tertiary/aromatic N) is 1. The van der Waals surface area contributed by atoms with Crippen molar-refractivity contribution in [1.29, 1.82) is 0 Å². The largest absolute Gasteiger partial charge is 0.302 e. The van der Waals surface area contributed by atoms with Gasteiger partial charge < -0.3 is 0 Å². The van der Waals surface area contributed by atoms with Gasteiger partial charge in [0, 0.05) is 10.7 Å². The van der Waals surface area contributed by atoms with Crippen molar-refractivity contribution in [1.82, 2.24) is 4.31 Å². The van der Waals surface area contributed by atoms with Gasteiger partial charge in [0.25, 0.3) is 0 Å². The van der Waals surface area contributed by atoms with Crippen molar-refractivity contribution in [3.05, 3.63) is 0 Å². The van der Waals surface area contributed by atoms with Crippen LogP contribution < -0.4 is 0 Å². The molecule has 1 atom stereocenters. The lowest BCUT2D eigenvalue weighted by Crippen LogP contribution is -2.30. The van der Waals surface area contributed by atoms with Crippen molar-refractivity contribution in [2.75, 3.05) is 6.00 Å². The predicted molar refractivity (Wildman–Crippen MR) is 42.6 cm³/mol. The Bertz CT molecular complexity index is 190. The predicted octanol–water partition coefficient (Wildman–Crippen LogP) is 1.55. The van der Waals surface area contributed by atoms with Gasteiger partial charge in [0.15, 0.2) is 0 Å². The Morgan fingerprint density at radius 1 is 1.60 bits per heavy atom. The van der Waals surface area contributed by atoms with Crippen LogP contribution in [-0.2, 0) is 9.24 Å². The minimum atomic E-state index is -3.77. The summed E-state index contributed by atoms with van der Waals surface area (Å²) in [6.07, 6.45) is 0. The Kier molecular flexibility index (Phi) is 4.28. The third kappa shape index (κ3) is 3.25. The molecule has 0 N–H and O–H groups in total. The van der Waals surface area contributed by atoms with Crippen LogP contribution in [0.25, 0.3) is 0 Å². The molecule has 0 spiro atoms. The first-order chi connectivity index (χ1) is 4.39. The highest BCUT2D eigenvalue weighted by Gasteiger charge is 2.22. The van der Waals surface area contributed by atoms with Crippen LogP contribution in [0.2, 0.25) is 0 Å². The highest BCUT2D eigenvalue weighted by Crippen LogP contribution is 2.14. The zero-order valence-corrected chi connectivity index (χ0v) is 8.17. The van der Waals surface area contributed by atoms with E-state index in [1.807, 2.05) is 0 Å². The van der Waals surface area contributed by atoms with Gasteiger partial charge in [-0.2, -0.15) is 12.7 Å². The number of hydrogen-bond donors (Lipinski definition) is 0. The van der Waals surface area contributed by atoms with E-state index in [0.717, 1.165) is 4.31 Å². The van der Waals surface area contributed by atoms with E-state index in [-0.39, 0.29) is 6.00 Å². The molecule has 0 radical (unpaired) electrons. The maximum Gasteiger partial charge on any atom is 0.302 e. The van der Waals surface area contributed by atoms with E-state index in [1.54, 1.807) is 0 Å². The van der Waals surface area contributed by atoms with E-state index in [4.69, 9.17) is 33.9 Å². The van der Waals surface area contributed by atoms with E-state index in [0.29, 0.717) is 0 Å². The van der Waals surface area contributed by atoms with E-state index in [2.05, 4.69) is 0 Å². The normalized spacial score (nSPS) is 15.7. The summed E-state index contributed by atoms with van der Waals surface area (Å²) < 4.78 is 21.8. The van der Waals surface area contributed by atoms with Crippen LogP contribution >= 0.6 is 33.9 Å². The fraction of sp³-hybridized carbons (Fsp3) is 1.00. The molecule has 0 aliphatic heterocycles. The number of hydrogen-bond acceptors (Lipinski definition) is 2. The summed E-state index contributed by atoms with van der Waals surface area (Å²) in [5.41, 5.74) is -0.722. The van der Waals surface area contributed by atoms with E-state index in [1.165, 1.54) is 6.92 Å². The number of halogens is 3. The molecule has 0 saturated heterocycles. The highest BCUT2D eigenvalue weighted by molar-refractivity contribution is 8.11. The summed E-state index contributed by atoms with van der Waals surface area (Å²) in [5, 5.41) is 0. The molecule has 0 aromatic rings. The molecule has 62 valence electrons. The molecule has 0 amide bonds. The van der Waals surface area contributed by atoms with Crippen LogP contribution in [0.3, 0.4) is 0 Å². The lowest BCUT2D eigenvalue weighted by Gasteiger charge is -2.16. The summed E-state index contributed by atoms with van der Waals surface area (Å²) in [7, 11) is 1.15. The molecule has 0 heterocycles. The SMILES string of the molecule is CC(Cl)N(CCl)S(=O)(=O)Cl. The van der Waals surface area contributed by atoms with Crippen molar-refractivity contribution in [2.45, 2.75) is 12.4 Å². The van der Waals surface area contributed by atoms with Crippen LogP contribution in [0, 0.1) is 0 Å². The first-order valence-corrected chi connectivity index (χ1v) is 5.54. The second-order valence-corrected chi connectivity index (χ2v) is 4.86. The Balaban J connectivity index is 4.38. The lowest BCUT2D eigenvalue weighted by atomic mass is 10.8. The molecule has 0 rings (SSSR count). The standard InChI is InChI=1S/C3H6Cl3NO2S/c1-3(5)7(2-4)10(6,8)9/h3H,2H2,1H3. The van der Waals surface area contributed by atoms with Gasteiger partial charge in [-0.15, -0.1) is 23.2 Å². The molecule has 0 bridgehead atoms. The van der Waals surface area contributed by atoms with E-state index < -0.39 is 14.7 Å². The van der Waals surface area contributed by atoms with Gasteiger partial charge in [-0.3, -0.25) is 0 Å². The molecule has 0 aromatic heterocycles. The molecule has 7 heteroatoms. The van der Waals surface area contributed by atoms with E-state index in [9.17, 15) is 8.42 Å². The van der Waals surface area contributed by atoms with Crippen molar-refractivity contribution in [3.63, 3.8) is 0 Å². The smallest absolute Gasteiger partial charge is 0.195 e. The molecule has 0 fully saturated rings. The number of rotatable bonds is 3. The maximum absolute atomic E-state index is 10.5. The molecule has 0 aromatic carbocycles.